The number of piperidine rings is 1. The Morgan fingerprint density at radius 1 is 1.29 bits per heavy atom. The topological polar surface area (TPSA) is 69.6 Å². The maximum absolute atomic E-state index is 13.5. The lowest BCUT2D eigenvalue weighted by molar-refractivity contribution is 0.166. The Hall–Kier alpha value is -1.32. The Kier molecular flexibility index (Phi) is 4.74. The molecule has 1 aliphatic heterocycles. The fourth-order valence-electron chi connectivity index (χ4n) is 2.23. The van der Waals surface area contributed by atoms with E-state index in [2.05, 4.69) is 0 Å². The highest BCUT2D eigenvalue weighted by molar-refractivity contribution is 7.90. The zero-order valence-electron chi connectivity index (χ0n) is 11.0. The van der Waals surface area contributed by atoms with Gasteiger partial charge in [0.25, 0.3) is 0 Å². The van der Waals surface area contributed by atoms with Crippen molar-refractivity contribution >= 4 is 15.9 Å². The number of aliphatic hydroxyl groups excluding tert-OH is 1. The van der Waals surface area contributed by atoms with E-state index in [4.69, 9.17) is 5.11 Å². The number of hydrogen-bond acceptors (Lipinski definition) is 3. The molecule has 9 heteroatoms. The quantitative estimate of drug-likeness (QED) is 0.881. The van der Waals surface area contributed by atoms with Crippen LogP contribution in [0.2, 0.25) is 0 Å². The number of hydrogen-bond donors (Lipinski definition) is 2. The van der Waals surface area contributed by atoms with Crippen LogP contribution in [-0.4, -0.2) is 37.5 Å². The fraction of sp³-hybridized carbons (Fsp3) is 0.500. The summed E-state index contributed by atoms with van der Waals surface area (Å²) in [6.07, 6.45) is 1.22. The maximum Gasteiger partial charge on any atom is 0.301 e. The first-order valence-electron chi connectivity index (χ1n) is 6.37. The van der Waals surface area contributed by atoms with Gasteiger partial charge in [0.1, 0.15) is 11.5 Å². The van der Waals surface area contributed by atoms with E-state index in [0.29, 0.717) is 25.0 Å². The monoisotopic (exact) mass is 324 g/mol. The van der Waals surface area contributed by atoms with Crippen LogP contribution < -0.4 is 4.72 Å². The predicted molar refractivity (Wildman–Crippen MR) is 70.2 cm³/mol. The molecule has 1 aromatic rings. The van der Waals surface area contributed by atoms with Gasteiger partial charge in [0.05, 0.1) is 0 Å². The molecular formula is C12H15F3N2O3S. The van der Waals surface area contributed by atoms with E-state index in [0.717, 1.165) is 4.31 Å². The third kappa shape index (κ3) is 3.66. The van der Waals surface area contributed by atoms with Gasteiger partial charge in [-0.3, -0.25) is 4.72 Å². The highest BCUT2D eigenvalue weighted by Crippen LogP contribution is 2.24. The van der Waals surface area contributed by atoms with Crippen molar-refractivity contribution in [3.63, 3.8) is 0 Å². The first-order chi connectivity index (χ1) is 9.83. The first kappa shape index (κ1) is 16.1. The van der Waals surface area contributed by atoms with Crippen molar-refractivity contribution in [1.82, 2.24) is 4.31 Å². The largest absolute Gasteiger partial charge is 0.396 e. The summed E-state index contributed by atoms with van der Waals surface area (Å²) in [5.74, 6) is -4.00. The minimum absolute atomic E-state index is 0.0657. The minimum atomic E-state index is -4.17. The predicted octanol–water partition coefficient (Wildman–Crippen LogP) is 1.46. The average molecular weight is 324 g/mol. The van der Waals surface area contributed by atoms with Crippen molar-refractivity contribution in [2.75, 3.05) is 24.4 Å². The molecule has 0 aromatic heterocycles. The van der Waals surface area contributed by atoms with Crippen LogP contribution >= 0.6 is 0 Å². The number of nitrogens with zero attached hydrogens (tertiary/aromatic N) is 1. The van der Waals surface area contributed by atoms with E-state index in [1.165, 1.54) is 0 Å². The first-order valence-corrected chi connectivity index (χ1v) is 7.81. The molecular weight excluding hydrogens is 309 g/mol. The zero-order chi connectivity index (χ0) is 15.6. The van der Waals surface area contributed by atoms with Gasteiger partial charge < -0.3 is 5.11 Å². The number of aliphatic hydroxyl groups is 1. The lowest BCUT2D eigenvalue weighted by Crippen LogP contribution is -2.43. The molecule has 2 rings (SSSR count). The molecule has 1 aliphatic rings. The van der Waals surface area contributed by atoms with E-state index in [1.807, 2.05) is 0 Å². The Labute approximate surface area is 120 Å². The maximum atomic E-state index is 13.5. The number of nitrogens with one attached hydrogen (secondary N) is 1. The Balaban J connectivity index is 2.22. The van der Waals surface area contributed by atoms with Gasteiger partial charge in [-0.25, -0.2) is 13.2 Å². The van der Waals surface area contributed by atoms with Crippen molar-refractivity contribution in [1.29, 1.82) is 0 Å². The average Bonchev–Trinajstić information content (AvgIpc) is 2.43. The normalized spacial score (nSPS) is 20.5. The van der Waals surface area contributed by atoms with Gasteiger partial charge >= 0.3 is 10.2 Å². The van der Waals surface area contributed by atoms with Crippen LogP contribution in [-0.2, 0) is 10.2 Å². The van der Waals surface area contributed by atoms with E-state index in [9.17, 15) is 21.6 Å². The molecule has 2 N–H and O–H groups in total. The molecule has 1 aromatic carbocycles. The van der Waals surface area contributed by atoms with Gasteiger partial charge in [0, 0.05) is 31.8 Å². The standard InChI is InChI=1S/C12H15F3N2O3S/c13-9-4-10(14)12(11(15)5-9)16-21(19,20)17-3-1-2-8(6-17)7-18/h4-5,8,16,18H,1-3,6-7H2. The van der Waals surface area contributed by atoms with E-state index >= 15 is 0 Å². The van der Waals surface area contributed by atoms with Crippen LogP contribution in [0.25, 0.3) is 0 Å². The second kappa shape index (κ2) is 6.20. The molecule has 1 fully saturated rings. The van der Waals surface area contributed by atoms with Gasteiger partial charge in [-0.15, -0.1) is 0 Å². The number of anilines is 1. The van der Waals surface area contributed by atoms with Crippen molar-refractivity contribution in [3.05, 3.63) is 29.6 Å². The van der Waals surface area contributed by atoms with Crippen LogP contribution in [0.4, 0.5) is 18.9 Å². The molecule has 21 heavy (non-hydrogen) atoms. The third-order valence-corrected chi connectivity index (χ3v) is 4.79. The molecule has 1 atom stereocenters. The smallest absolute Gasteiger partial charge is 0.301 e. The summed E-state index contributed by atoms with van der Waals surface area (Å²) in [6, 6.07) is 0.793. The summed E-state index contributed by atoms with van der Waals surface area (Å²) in [5, 5.41) is 9.08. The lowest BCUT2D eigenvalue weighted by Gasteiger charge is -2.31. The van der Waals surface area contributed by atoms with Crippen molar-refractivity contribution in [3.8, 4) is 0 Å². The Morgan fingerprint density at radius 2 is 1.90 bits per heavy atom. The molecule has 0 bridgehead atoms. The van der Waals surface area contributed by atoms with Gasteiger partial charge in [0.2, 0.25) is 0 Å². The number of rotatable bonds is 4. The molecule has 1 heterocycles. The van der Waals surface area contributed by atoms with Crippen LogP contribution in [0.1, 0.15) is 12.8 Å². The zero-order valence-corrected chi connectivity index (χ0v) is 11.8. The van der Waals surface area contributed by atoms with Crippen LogP contribution in [0.3, 0.4) is 0 Å². The summed E-state index contributed by atoms with van der Waals surface area (Å²) in [4.78, 5) is 0. The summed E-state index contributed by atoms with van der Waals surface area (Å²) >= 11 is 0. The number of halogens is 3. The Bertz CT molecular complexity index is 601. The SMILES string of the molecule is O=S(=O)(Nc1c(F)cc(F)cc1F)N1CCCC(CO)C1. The summed E-state index contributed by atoms with van der Waals surface area (Å²) in [7, 11) is -4.17. The molecule has 0 aliphatic carbocycles. The number of benzene rings is 1. The van der Waals surface area contributed by atoms with Gasteiger partial charge in [-0.1, -0.05) is 0 Å². The van der Waals surface area contributed by atoms with E-state index in [1.54, 1.807) is 4.72 Å². The van der Waals surface area contributed by atoms with Crippen molar-refractivity contribution < 1.29 is 26.7 Å². The van der Waals surface area contributed by atoms with Gasteiger partial charge in [-0.05, 0) is 18.8 Å². The summed E-state index contributed by atoms with van der Waals surface area (Å²) < 4.78 is 66.8. The summed E-state index contributed by atoms with van der Waals surface area (Å²) in [5.41, 5.74) is -0.914. The van der Waals surface area contributed by atoms with Crippen molar-refractivity contribution in [2.45, 2.75) is 12.8 Å². The second-order valence-electron chi connectivity index (χ2n) is 4.90. The van der Waals surface area contributed by atoms with Crippen molar-refractivity contribution in [2.24, 2.45) is 5.92 Å². The van der Waals surface area contributed by atoms with Crippen LogP contribution in [0, 0.1) is 23.4 Å². The molecule has 0 spiro atoms. The minimum Gasteiger partial charge on any atom is -0.396 e. The van der Waals surface area contributed by atoms with E-state index in [-0.39, 0.29) is 25.6 Å². The summed E-state index contributed by atoms with van der Waals surface area (Å²) in [6.45, 7) is 0.0951. The molecule has 1 saturated heterocycles. The van der Waals surface area contributed by atoms with Gasteiger partial charge in [0.15, 0.2) is 11.6 Å². The second-order valence-corrected chi connectivity index (χ2v) is 6.57. The van der Waals surface area contributed by atoms with Crippen LogP contribution in [0.5, 0.6) is 0 Å². The molecule has 0 saturated carbocycles. The van der Waals surface area contributed by atoms with E-state index < -0.39 is 33.3 Å². The molecule has 1 unspecified atom stereocenters. The Morgan fingerprint density at radius 3 is 2.48 bits per heavy atom. The third-order valence-electron chi connectivity index (χ3n) is 3.32. The highest BCUT2D eigenvalue weighted by atomic mass is 32.2. The molecule has 0 amide bonds. The lowest BCUT2D eigenvalue weighted by atomic mass is 10.0. The highest BCUT2D eigenvalue weighted by Gasteiger charge is 2.30. The fourth-order valence-corrected chi connectivity index (χ4v) is 3.59. The molecule has 5 nitrogen and oxygen atoms in total. The van der Waals surface area contributed by atoms with Gasteiger partial charge in [-0.2, -0.15) is 12.7 Å². The molecule has 118 valence electrons. The van der Waals surface area contributed by atoms with Crippen LogP contribution in [0.15, 0.2) is 12.1 Å². The molecule has 0 radical (unpaired) electrons.